The van der Waals surface area contributed by atoms with Crippen LogP contribution in [0.15, 0.2) is 35.4 Å². The molecule has 0 aliphatic rings. The highest BCUT2D eigenvalue weighted by Gasteiger charge is 2.12. The number of aromatic amines is 1. The van der Waals surface area contributed by atoms with E-state index < -0.39 is 0 Å². The predicted molar refractivity (Wildman–Crippen MR) is 74.8 cm³/mol. The van der Waals surface area contributed by atoms with E-state index in [1.54, 1.807) is 31.6 Å². The number of aryl methyl sites for hydroxylation is 1. The van der Waals surface area contributed by atoms with Gasteiger partial charge in [-0.15, -0.1) is 0 Å². The summed E-state index contributed by atoms with van der Waals surface area (Å²) in [6, 6.07) is 5.22. The highest BCUT2D eigenvalue weighted by atomic mass is 16.1. The SMILES string of the molecule is Cn1c(=N)cc(-c2cccnc2)c2c(=O)[nH]c(N)nc21. The van der Waals surface area contributed by atoms with Gasteiger partial charge in [-0.05, 0) is 12.1 Å². The van der Waals surface area contributed by atoms with Crippen molar-refractivity contribution < 1.29 is 0 Å². The Hall–Kier alpha value is -2.96. The Morgan fingerprint density at radius 2 is 2.25 bits per heavy atom. The number of rotatable bonds is 1. The van der Waals surface area contributed by atoms with Crippen LogP contribution in [0.3, 0.4) is 0 Å². The van der Waals surface area contributed by atoms with Crippen LogP contribution in [0.25, 0.3) is 22.2 Å². The van der Waals surface area contributed by atoms with E-state index in [1.807, 2.05) is 6.07 Å². The minimum absolute atomic E-state index is 0.0286. The number of H-pyrrole nitrogens is 1. The average Bonchev–Trinajstić information content (AvgIpc) is 2.43. The summed E-state index contributed by atoms with van der Waals surface area (Å²) in [5.41, 5.74) is 7.22. The topological polar surface area (TPSA) is 113 Å². The maximum atomic E-state index is 12.2. The fourth-order valence-corrected chi connectivity index (χ4v) is 2.13. The van der Waals surface area contributed by atoms with Crippen LogP contribution in [-0.2, 0) is 7.05 Å². The summed E-state index contributed by atoms with van der Waals surface area (Å²) >= 11 is 0. The number of nitrogens with zero attached hydrogens (tertiary/aromatic N) is 3. The van der Waals surface area contributed by atoms with Crippen molar-refractivity contribution in [2.75, 3.05) is 5.73 Å². The number of hydrogen-bond acceptors (Lipinski definition) is 5. The first-order chi connectivity index (χ1) is 9.58. The molecule has 7 heteroatoms. The first kappa shape index (κ1) is 12.1. The fourth-order valence-electron chi connectivity index (χ4n) is 2.13. The number of aromatic nitrogens is 4. The summed E-state index contributed by atoms with van der Waals surface area (Å²) in [5, 5.41) is 8.38. The molecule has 0 saturated heterocycles. The van der Waals surface area contributed by atoms with Crippen molar-refractivity contribution in [3.05, 3.63) is 46.4 Å². The van der Waals surface area contributed by atoms with E-state index in [1.165, 1.54) is 4.57 Å². The molecule has 0 atom stereocenters. The Bertz CT molecular complexity index is 910. The summed E-state index contributed by atoms with van der Waals surface area (Å²) in [7, 11) is 1.67. The van der Waals surface area contributed by atoms with Crippen molar-refractivity contribution in [2.24, 2.45) is 7.05 Å². The van der Waals surface area contributed by atoms with E-state index >= 15 is 0 Å². The molecule has 3 rings (SSSR count). The van der Waals surface area contributed by atoms with Crippen LogP contribution in [0.2, 0.25) is 0 Å². The predicted octanol–water partition coefficient (Wildman–Crippen LogP) is 0.385. The van der Waals surface area contributed by atoms with E-state index in [0.29, 0.717) is 16.6 Å². The summed E-state index contributed by atoms with van der Waals surface area (Å²) in [5.74, 6) is 0.0286. The lowest BCUT2D eigenvalue weighted by Gasteiger charge is -2.10. The van der Waals surface area contributed by atoms with Gasteiger partial charge in [0, 0.05) is 30.6 Å². The molecule has 3 aromatic heterocycles. The van der Waals surface area contributed by atoms with Crippen LogP contribution in [0, 0.1) is 5.41 Å². The van der Waals surface area contributed by atoms with Gasteiger partial charge in [-0.3, -0.25) is 20.2 Å². The number of nitrogens with one attached hydrogen (secondary N) is 2. The second-order valence-corrected chi connectivity index (χ2v) is 4.39. The molecule has 0 radical (unpaired) electrons. The maximum Gasteiger partial charge on any atom is 0.262 e. The smallest absolute Gasteiger partial charge is 0.262 e. The van der Waals surface area contributed by atoms with Crippen LogP contribution < -0.4 is 16.8 Å². The molecular formula is C13H12N6O. The summed E-state index contributed by atoms with van der Waals surface area (Å²) in [4.78, 5) is 22.8. The third-order valence-electron chi connectivity index (χ3n) is 3.12. The van der Waals surface area contributed by atoms with Gasteiger partial charge in [0.15, 0.2) is 5.65 Å². The first-order valence-electron chi connectivity index (χ1n) is 5.92. The molecule has 0 aliphatic heterocycles. The standard InChI is InChI=1S/C13H12N6O/c1-19-9(14)5-8(7-3-2-4-16-6-7)10-11(19)17-13(15)18-12(10)20/h2-6,14H,1H3,(H3,15,17,18,20). The molecule has 3 aromatic rings. The molecule has 0 fully saturated rings. The lowest BCUT2D eigenvalue weighted by Crippen LogP contribution is -2.22. The molecule has 0 aliphatic carbocycles. The number of pyridine rings is 2. The van der Waals surface area contributed by atoms with Crippen molar-refractivity contribution in [3.8, 4) is 11.1 Å². The second-order valence-electron chi connectivity index (χ2n) is 4.39. The fraction of sp³-hybridized carbons (Fsp3) is 0.0769. The van der Waals surface area contributed by atoms with Crippen molar-refractivity contribution in [3.63, 3.8) is 0 Å². The Kier molecular flexibility index (Phi) is 2.60. The summed E-state index contributed by atoms with van der Waals surface area (Å²) in [6.07, 6.45) is 3.29. The number of nitrogens with two attached hydrogens (primary N) is 1. The van der Waals surface area contributed by atoms with Crippen LogP contribution >= 0.6 is 0 Å². The molecule has 4 N–H and O–H groups in total. The van der Waals surface area contributed by atoms with Gasteiger partial charge in [0.1, 0.15) is 5.49 Å². The Labute approximate surface area is 113 Å². The minimum Gasteiger partial charge on any atom is -0.369 e. The van der Waals surface area contributed by atoms with Gasteiger partial charge < -0.3 is 10.3 Å². The summed E-state index contributed by atoms with van der Waals surface area (Å²) < 4.78 is 1.51. The Balaban J connectivity index is 2.54. The number of nitrogen functional groups attached to an aromatic ring is 1. The van der Waals surface area contributed by atoms with E-state index in [4.69, 9.17) is 11.1 Å². The molecule has 7 nitrogen and oxygen atoms in total. The highest BCUT2D eigenvalue weighted by molar-refractivity contribution is 5.92. The van der Waals surface area contributed by atoms with Crippen molar-refractivity contribution in [1.29, 1.82) is 5.41 Å². The molecule has 100 valence electrons. The van der Waals surface area contributed by atoms with E-state index in [0.717, 1.165) is 5.56 Å². The zero-order valence-electron chi connectivity index (χ0n) is 10.7. The second kappa shape index (κ2) is 4.30. The normalized spacial score (nSPS) is 10.8. The van der Waals surface area contributed by atoms with Crippen LogP contribution in [0.5, 0.6) is 0 Å². The molecule has 0 aromatic carbocycles. The average molecular weight is 268 g/mol. The van der Waals surface area contributed by atoms with Gasteiger partial charge >= 0.3 is 0 Å². The Morgan fingerprint density at radius 1 is 1.45 bits per heavy atom. The molecule has 0 spiro atoms. The van der Waals surface area contributed by atoms with Crippen molar-refractivity contribution in [2.45, 2.75) is 0 Å². The largest absolute Gasteiger partial charge is 0.369 e. The monoisotopic (exact) mass is 268 g/mol. The number of fused-ring (bicyclic) bond motifs is 1. The van der Waals surface area contributed by atoms with Gasteiger partial charge in [-0.2, -0.15) is 4.98 Å². The van der Waals surface area contributed by atoms with Gasteiger partial charge in [-0.1, -0.05) is 6.07 Å². The zero-order chi connectivity index (χ0) is 14.3. The lowest BCUT2D eigenvalue weighted by molar-refractivity contribution is 0.840. The third kappa shape index (κ3) is 1.76. The highest BCUT2D eigenvalue weighted by Crippen LogP contribution is 2.22. The number of hydrogen-bond donors (Lipinski definition) is 3. The van der Waals surface area contributed by atoms with Crippen LogP contribution in [0.1, 0.15) is 0 Å². The minimum atomic E-state index is -0.332. The molecule has 3 heterocycles. The van der Waals surface area contributed by atoms with E-state index in [2.05, 4.69) is 15.0 Å². The first-order valence-corrected chi connectivity index (χ1v) is 5.92. The van der Waals surface area contributed by atoms with E-state index in [-0.39, 0.29) is 17.0 Å². The summed E-state index contributed by atoms with van der Waals surface area (Å²) in [6.45, 7) is 0. The van der Waals surface area contributed by atoms with Gasteiger partial charge in [0.25, 0.3) is 5.56 Å². The van der Waals surface area contributed by atoms with Crippen LogP contribution in [0.4, 0.5) is 5.95 Å². The van der Waals surface area contributed by atoms with Crippen molar-refractivity contribution >= 4 is 17.0 Å². The van der Waals surface area contributed by atoms with Crippen molar-refractivity contribution in [1.82, 2.24) is 19.5 Å². The molecular weight excluding hydrogens is 256 g/mol. The third-order valence-corrected chi connectivity index (χ3v) is 3.12. The lowest BCUT2D eigenvalue weighted by atomic mass is 10.1. The molecule has 0 bridgehead atoms. The van der Waals surface area contributed by atoms with Crippen LogP contribution in [-0.4, -0.2) is 19.5 Å². The quantitative estimate of drug-likeness (QED) is 0.592. The molecule has 0 saturated carbocycles. The maximum absolute atomic E-state index is 12.2. The van der Waals surface area contributed by atoms with Gasteiger partial charge in [-0.25, -0.2) is 0 Å². The zero-order valence-corrected chi connectivity index (χ0v) is 10.7. The molecule has 0 amide bonds. The van der Waals surface area contributed by atoms with Gasteiger partial charge in [0.2, 0.25) is 5.95 Å². The van der Waals surface area contributed by atoms with E-state index in [9.17, 15) is 4.79 Å². The number of anilines is 1. The van der Waals surface area contributed by atoms with Gasteiger partial charge in [0.05, 0.1) is 5.39 Å². The Morgan fingerprint density at radius 3 is 2.95 bits per heavy atom. The molecule has 0 unspecified atom stereocenters. The molecule has 20 heavy (non-hydrogen) atoms.